The monoisotopic (exact) mass is 854 g/mol. The lowest BCUT2D eigenvalue weighted by Crippen LogP contribution is -2.10. The molecule has 13 aromatic rings. The van der Waals surface area contributed by atoms with Crippen molar-refractivity contribution in [2.75, 3.05) is 4.90 Å². The molecule has 0 N–H and O–H groups in total. The second-order valence-corrected chi connectivity index (χ2v) is 17.3. The summed E-state index contributed by atoms with van der Waals surface area (Å²) in [4.78, 5) is 2.38. The summed E-state index contributed by atoms with van der Waals surface area (Å²) in [7, 11) is 0. The summed E-state index contributed by atoms with van der Waals surface area (Å²) in [6.07, 6.45) is 0. The fourth-order valence-corrected chi connectivity index (χ4v) is 10.1. The van der Waals surface area contributed by atoms with E-state index in [2.05, 4.69) is 264 Å². The van der Waals surface area contributed by atoms with E-state index in [-0.39, 0.29) is 0 Å². The fraction of sp³-hybridized carbons (Fsp3) is 0. The molecule has 0 bridgehead atoms. The highest BCUT2D eigenvalue weighted by Crippen LogP contribution is 2.42. The molecule has 11 aromatic carbocycles. The van der Waals surface area contributed by atoms with Gasteiger partial charge in [-0.25, -0.2) is 0 Å². The second-order valence-electron chi connectivity index (χ2n) is 17.3. The lowest BCUT2D eigenvalue weighted by atomic mass is 9.97. The number of fused-ring (bicyclic) bond motifs is 8. The second kappa shape index (κ2) is 16.0. The van der Waals surface area contributed by atoms with Crippen LogP contribution in [0.5, 0.6) is 0 Å². The van der Waals surface area contributed by atoms with Crippen molar-refractivity contribution >= 4 is 71.6 Å². The number of furan rings is 1. The third kappa shape index (κ3) is 6.76. The van der Waals surface area contributed by atoms with Crippen LogP contribution in [0.4, 0.5) is 17.1 Å². The molecule has 67 heavy (non-hydrogen) atoms. The van der Waals surface area contributed by atoms with Gasteiger partial charge in [0.1, 0.15) is 11.2 Å². The van der Waals surface area contributed by atoms with Crippen molar-refractivity contribution in [3.8, 4) is 50.2 Å². The highest BCUT2D eigenvalue weighted by Gasteiger charge is 2.18. The van der Waals surface area contributed by atoms with Crippen LogP contribution in [0.25, 0.3) is 105 Å². The molecule has 0 radical (unpaired) electrons. The summed E-state index contributed by atoms with van der Waals surface area (Å²) in [5, 5.41) is 7.10. The van der Waals surface area contributed by atoms with Crippen molar-refractivity contribution in [3.05, 3.63) is 255 Å². The summed E-state index contributed by atoms with van der Waals surface area (Å²) in [5.74, 6) is 0. The Kier molecular flexibility index (Phi) is 9.17. The number of benzene rings is 11. The van der Waals surface area contributed by atoms with Crippen LogP contribution in [-0.2, 0) is 0 Å². The maximum Gasteiger partial charge on any atom is 0.143 e. The molecule has 0 aliphatic rings. The van der Waals surface area contributed by atoms with Gasteiger partial charge < -0.3 is 13.9 Å². The SMILES string of the molecule is c1ccc(-c2cc(-c3ccccc3)cc(N(c3ccc(-c4cccc(-n5c6ccccc6c6ccccc65)c4)cc3)c3ccc(-c4ccc5c(c4)oc4c6ccccc6ccc54)cc3)c2)cc1. The zero-order chi connectivity index (χ0) is 44.3. The molecule has 3 nitrogen and oxygen atoms in total. The third-order valence-electron chi connectivity index (χ3n) is 13.4. The van der Waals surface area contributed by atoms with E-state index in [1.165, 1.54) is 38.3 Å². The van der Waals surface area contributed by atoms with Gasteiger partial charge in [-0.1, -0.05) is 170 Å². The topological polar surface area (TPSA) is 21.3 Å². The Morgan fingerprint density at radius 1 is 0.284 bits per heavy atom. The number of aromatic nitrogens is 1. The molecule has 0 fully saturated rings. The molecule has 0 spiro atoms. The van der Waals surface area contributed by atoms with Gasteiger partial charge >= 0.3 is 0 Å². The number of nitrogens with zero attached hydrogens (tertiary/aromatic N) is 2. The van der Waals surface area contributed by atoms with Crippen molar-refractivity contribution < 1.29 is 4.42 Å². The number of anilines is 3. The Bertz CT molecular complexity index is 3850. The molecule has 3 heteroatoms. The zero-order valence-corrected chi connectivity index (χ0v) is 36.6. The van der Waals surface area contributed by atoms with Gasteiger partial charge in [0.2, 0.25) is 0 Å². The summed E-state index contributed by atoms with van der Waals surface area (Å²) < 4.78 is 8.98. The molecule has 2 heterocycles. The van der Waals surface area contributed by atoms with Gasteiger partial charge in [0, 0.05) is 49.7 Å². The molecule has 0 unspecified atom stereocenters. The molecule has 2 aromatic heterocycles. The molecular weight excluding hydrogens is 813 g/mol. The smallest absolute Gasteiger partial charge is 0.143 e. The summed E-state index contributed by atoms with van der Waals surface area (Å²) in [5.41, 5.74) is 17.8. The van der Waals surface area contributed by atoms with E-state index in [4.69, 9.17) is 4.42 Å². The normalized spacial score (nSPS) is 11.6. The first-order valence-electron chi connectivity index (χ1n) is 22.9. The Hall–Kier alpha value is -8.92. The maximum absolute atomic E-state index is 6.59. The van der Waals surface area contributed by atoms with Crippen LogP contribution in [0, 0.1) is 0 Å². The Balaban J connectivity index is 0.917. The zero-order valence-electron chi connectivity index (χ0n) is 36.6. The van der Waals surface area contributed by atoms with E-state index in [0.29, 0.717) is 0 Å². The van der Waals surface area contributed by atoms with E-state index < -0.39 is 0 Å². The molecule has 0 atom stereocenters. The minimum Gasteiger partial charge on any atom is -0.455 e. The first-order valence-corrected chi connectivity index (χ1v) is 22.9. The minimum absolute atomic E-state index is 0.890. The van der Waals surface area contributed by atoms with Crippen LogP contribution < -0.4 is 4.90 Å². The third-order valence-corrected chi connectivity index (χ3v) is 13.4. The van der Waals surface area contributed by atoms with Gasteiger partial charge in [-0.05, 0) is 135 Å². The van der Waals surface area contributed by atoms with E-state index >= 15 is 0 Å². The predicted octanol–water partition coefficient (Wildman–Crippen LogP) is 18.0. The molecule has 0 saturated heterocycles. The lowest BCUT2D eigenvalue weighted by Gasteiger charge is -2.27. The molecule has 0 aliphatic carbocycles. The van der Waals surface area contributed by atoms with Gasteiger partial charge in [0.05, 0.1) is 11.0 Å². The molecule has 13 rings (SSSR count). The van der Waals surface area contributed by atoms with E-state index in [0.717, 1.165) is 83.5 Å². The molecule has 0 amide bonds. The Morgan fingerprint density at radius 3 is 1.40 bits per heavy atom. The van der Waals surface area contributed by atoms with Crippen molar-refractivity contribution in [2.45, 2.75) is 0 Å². The standard InChI is InChI=1S/C64H42N2O/c1-3-14-43(15-4-1)50-38-51(44-16-5-2-6-17-44)41-55(40-50)65(53-34-28-46(29-35-53)49-31-36-59-60-37-30-47-18-7-8-21-56(47)64(60)67-63(59)42-49)52-32-26-45(27-33-52)48-19-13-20-54(39-48)66-61-24-11-9-22-57(61)58-23-10-12-25-62(58)66/h1-42H. The molecule has 0 aliphatic heterocycles. The largest absolute Gasteiger partial charge is 0.455 e. The van der Waals surface area contributed by atoms with E-state index in [1.807, 2.05) is 0 Å². The number of hydrogen-bond acceptors (Lipinski definition) is 2. The van der Waals surface area contributed by atoms with Gasteiger partial charge in [-0.3, -0.25) is 0 Å². The van der Waals surface area contributed by atoms with Gasteiger partial charge in [0.25, 0.3) is 0 Å². The quantitative estimate of drug-likeness (QED) is 0.152. The number of hydrogen-bond donors (Lipinski definition) is 0. The van der Waals surface area contributed by atoms with Gasteiger partial charge in [-0.15, -0.1) is 0 Å². The number of rotatable bonds is 8. The van der Waals surface area contributed by atoms with Crippen LogP contribution in [0.3, 0.4) is 0 Å². The predicted molar refractivity (Wildman–Crippen MR) is 282 cm³/mol. The first kappa shape index (κ1) is 38.5. The first-order chi connectivity index (χ1) is 33.2. The van der Waals surface area contributed by atoms with Crippen molar-refractivity contribution in [1.82, 2.24) is 4.57 Å². The van der Waals surface area contributed by atoms with Crippen LogP contribution >= 0.6 is 0 Å². The van der Waals surface area contributed by atoms with E-state index in [9.17, 15) is 0 Å². The van der Waals surface area contributed by atoms with Gasteiger partial charge in [0.15, 0.2) is 0 Å². The average Bonchev–Trinajstić information content (AvgIpc) is 3.96. The van der Waals surface area contributed by atoms with Crippen molar-refractivity contribution in [3.63, 3.8) is 0 Å². The minimum atomic E-state index is 0.890. The average molecular weight is 855 g/mol. The number of para-hydroxylation sites is 2. The van der Waals surface area contributed by atoms with Crippen molar-refractivity contribution in [2.24, 2.45) is 0 Å². The summed E-state index contributed by atoms with van der Waals surface area (Å²) in [6, 6.07) is 91.9. The Morgan fingerprint density at radius 2 is 0.776 bits per heavy atom. The van der Waals surface area contributed by atoms with Crippen LogP contribution in [0.15, 0.2) is 259 Å². The molecule has 314 valence electrons. The van der Waals surface area contributed by atoms with E-state index in [1.54, 1.807) is 0 Å². The van der Waals surface area contributed by atoms with Crippen LogP contribution in [0.1, 0.15) is 0 Å². The summed E-state index contributed by atoms with van der Waals surface area (Å²) in [6.45, 7) is 0. The highest BCUT2D eigenvalue weighted by atomic mass is 16.3. The summed E-state index contributed by atoms with van der Waals surface area (Å²) >= 11 is 0. The highest BCUT2D eigenvalue weighted by molar-refractivity contribution is 6.15. The molecular formula is C64H42N2O. The van der Waals surface area contributed by atoms with Crippen LogP contribution in [-0.4, -0.2) is 4.57 Å². The fourth-order valence-electron chi connectivity index (χ4n) is 10.1. The van der Waals surface area contributed by atoms with Crippen molar-refractivity contribution in [1.29, 1.82) is 0 Å². The Labute approximate surface area is 388 Å². The maximum atomic E-state index is 6.59. The van der Waals surface area contributed by atoms with Gasteiger partial charge in [-0.2, -0.15) is 0 Å². The van der Waals surface area contributed by atoms with Crippen LogP contribution in [0.2, 0.25) is 0 Å². The molecule has 0 saturated carbocycles. The lowest BCUT2D eigenvalue weighted by molar-refractivity contribution is 0.673.